The largest absolute Gasteiger partial charge is 0.390 e. The van der Waals surface area contributed by atoms with Crippen LogP contribution < -0.4 is 16.0 Å². The molecule has 0 fully saturated rings. The standard InChI is InChI=1S/C13H18Cl2F3N5.HI/c1-2-19-12(21-4-3-13(16,17)18)22-6-5-20-11-10(15)7-9(14)8-23-11;/h7-8H,2-6H2,1H3,(H,20,23)(H2,19,21,22);1H. The van der Waals surface area contributed by atoms with Crippen molar-refractivity contribution in [3.8, 4) is 0 Å². The number of aliphatic imine (C=N–C) groups is 1. The smallest absolute Gasteiger partial charge is 0.367 e. The molecule has 24 heavy (non-hydrogen) atoms. The Morgan fingerprint density at radius 3 is 2.54 bits per heavy atom. The first-order valence-corrected chi connectivity index (χ1v) is 7.71. The summed E-state index contributed by atoms with van der Waals surface area (Å²) in [4.78, 5) is 7.89. The van der Waals surface area contributed by atoms with Crippen molar-refractivity contribution in [1.29, 1.82) is 0 Å². The number of guanidine groups is 1. The molecule has 1 aromatic heterocycles. The van der Waals surface area contributed by atoms with Gasteiger partial charge in [-0.1, -0.05) is 23.2 Å². The van der Waals surface area contributed by atoms with Crippen molar-refractivity contribution in [2.24, 2.45) is 4.99 Å². The molecule has 138 valence electrons. The normalized spacial score (nSPS) is 11.7. The molecular formula is C13H19Cl2F3IN5. The van der Waals surface area contributed by atoms with Crippen LogP contribution in [0.15, 0.2) is 17.3 Å². The predicted octanol–water partition coefficient (Wildman–Crippen LogP) is 3.93. The maximum Gasteiger partial charge on any atom is 0.390 e. The molecule has 0 unspecified atom stereocenters. The summed E-state index contributed by atoms with van der Waals surface area (Å²) in [7, 11) is 0. The van der Waals surface area contributed by atoms with Gasteiger partial charge in [-0.15, -0.1) is 24.0 Å². The molecule has 0 aromatic carbocycles. The fourth-order valence-corrected chi connectivity index (χ4v) is 1.99. The monoisotopic (exact) mass is 499 g/mol. The molecule has 0 aliphatic rings. The van der Waals surface area contributed by atoms with E-state index in [2.05, 4.69) is 25.9 Å². The lowest BCUT2D eigenvalue weighted by Gasteiger charge is -2.13. The lowest BCUT2D eigenvalue weighted by molar-refractivity contribution is -0.132. The highest BCUT2D eigenvalue weighted by Crippen LogP contribution is 2.22. The van der Waals surface area contributed by atoms with Gasteiger partial charge in [-0.2, -0.15) is 13.2 Å². The Hall–Kier alpha value is -0.680. The Morgan fingerprint density at radius 1 is 1.25 bits per heavy atom. The number of anilines is 1. The molecule has 3 N–H and O–H groups in total. The van der Waals surface area contributed by atoms with Crippen LogP contribution in [0.3, 0.4) is 0 Å². The second-order valence-corrected chi connectivity index (χ2v) is 5.31. The van der Waals surface area contributed by atoms with E-state index in [1.54, 1.807) is 6.07 Å². The highest BCUT2D eigenvalue weighted by atomic mass is 127. The van der Waals surface area contributed by atoms with E-state index in [1.807, 2.05) is 6.92 Å². The summed E-state index contributed by atoms with van der Waals surface area (Å²) in [6, 6.07) is 1.56. The van der Waals surface area contributed by atoms with Crippen molar-refractivity contribution in [2.75, 3.05) is 31.5 Å². The summed E-state index contributed by atoms with van der Waals surface area (Å²) in [5.74, 6) is 0.811. The van der Waals surface area contributed by atoms with E-state index in [0.29, 0.717) is 41.5 Å². The number of hydrogen-bond donors (Lipinski definition) is 3. The molecule has 11 heteroatoms. The number of pyridine rings is 1. The quantitative estimate of drug-likeness (QED) is 0.230. The minimum absolute atomic E-state index is 0. The van der Waals surface area contributed by atoms with Gasteiger partial charge in [0, 0.05) is 25.8 Å². The molecule has 0 atom stereocenters. The summed E-state index contributed by atoms with van der Waals surface area (Å²) in [5.41, 5.74) is 0. The van der Waals surface area contributed by atoms with Crippen LogP contribution in [0.5, 0.6) is 0 Å². The van der Waals surface area contributed by atoms with Crippen LogP contribution in [-0.2, 0) is 0 Å². The highest BCUT2D eigenvalue weighted by Gasteiger charge is 2.26. The van der Waals surface area contributed by atoms with Gasteiger partial charge in [0.15, 0.2) is 5.96 Å². The van der Waals surface area contributed by atoms with Crippen LogP contribution in [-0.4, -0.2) is 43.3 Å². The molecule has 5 nitrogen and oxygen atoms in total. The highest BCUT2D eigenvalue weighted by molar-refractivity contribution is 14.0. The maximum atomic E-state index is 12.1. The van der Waals surface area contributed by atoms with Crippen LogP contribution in [0, 0.1) is 0 Å². The Labute approximate surface area is 165 Å². The maximum absolute atomic E-state index is 12.1. The van der Waals surface area contributed by atoms with Gasteiger partial charge in [0.1, 0.15) is 5.82 Å². The Bertz CT molecular complexity index is 529. The molecule has 0 saturated carbocycles. The molecule has 1 aromatic rings. The average molecular weight is 500 g/mol. The topological polar surface area (TPSA) is 61.3 Å². The first kappa shape index (κ1) is 23.3. The minimum Gasteiger partial charge on any atom is -0.367 e. The molecule has 0 aliphatic heterocycles. The first-order chi connectivity index (χ1) is 10.8. The lowest BCUT2D eigenvalue weighted by Crippen LogP contribution is -2.39. The van der Waals surface area contributed by atoms with E-state index < -0.39 is 12.6 Å². The van der Waals surface area contributed by atoms with E-state index in [0.717, 1.165) is 0 Å². The van der Waals surface area contributed by atoms with E-state index in [1.165, 1.54) is 6.20 Å². The Morgan fingerprint density at radius 2 is 1.96 bits per heavy atom. The van der Waals surface area contributed by atoms with Gasteiger partial charge in [-0.05, 0) is 13.0 Å². The SMILES string of the molecule is CCNC(=NCCC(F)(F)F)NCCNc1ncc(Cl)cc1Cl.I. The zero-order chi connectivity index (χ0) is 17.3. The van der Waals surface area contributed by atoms with Gasteiger partial charge in [0.25, 0.3) is 0 Å². The number of aromatic nitrogens is 1. The summed E-state index contributed by atoms with van der Waals surface area (Å²) >= 11 is 11.7. The number of halogens is 6. The third-order valence-corrected chi connectivity index (χ3v) is 3.02. The zero-order valence-corrected chi connectivity index (χ0v) is 16.7. The molecule has 0 aliphatic carbocycles. The fraction of sp³-hybridized carbons (Fsp3) is 0.538. The van der Waals surface area contributed by atoms with E-state index >= 15 is 0 Å². The molecule has 1 rings (SSSR count). The van der Waals surface area contributed by atoms with Crippen LogP contribution in [0.25, 0.3) is 0 Å². The van der Waals surface area contributed by atoms with E-state index in [4.69, 9.17) is 23.2 Å². The molecular weight excluding hydrogens is 481 g/mol. The molecule has 0 bridgehead atoms. The minimum atomic E-state index is -4.21. The third-order valence-electron chi connectivity index (χ3n) is 2.53. The van der Waals surface area contributed by atoms with Crippen LogP contribution >= 0.6 is 47.2 Å². The van der Waals surface area contributed by atoms with Crippen LogP contribution in [0.1, 0.15) is 13.3 Å². The second kappa shape index (κ2) is 11.8. The Kier molecular flexibility index (Phi) is 11.5. The number of hydrogen-bond acceptors (Lipinski definition) is 3. The number of rotatable bonds is 7. The summed E-state index contributed by atoms with van der Waals surface area (Å²) in [6.07, 6.45) is -3.70. The zero-order valence-electron chi connectivity index (χ0n) is 12.9. The predicted molar refractivity (Wildman–Crippen MR) is 103 cm³/mol. The van der Waals surface area contributed by atoms with Crippen molar-refractivity contribution in [1.82, 2.24) is 15.6 Å². The van der Waals surface area contributed by atoms with Gasteiger partial charge < -0.3 is 16.0 Å². The summed E-state index contributed by atoms with van der Waals surface area (Å²) in [6.45, 7) is 2.94. The molecule has 0 spiro atoms. The fourth-order valence-electron chi connectivity index (χ4n) is 1.54. The van der Waals surface area contributed by atoms with E-state index in [9.17, 15) is 13.2 Å². The van der Waals surface area contributed by atoms with Gasteiger partial charge in [0.05, 0.1) is 23.0 Å². The molecule has 0 saturated heterocycles. The second-order valence-electron chi connectivity index (χ2n) is 4.46. The van der Waals surface area contributed by atoms with Gasteiger partial charge >= 0.3 is 6.18 Å². The third kappa shape index (κ3) is 10.2. The van der Waals surface area contributed by atoms with Gasteiger partial charge in [-0.25, -0.2) is 4.98 Å². The molecule has 0 radical (unpaired) electrons. The van der Waals surface area contributed by atoms with Gasteiger partial charge in [-0.3, -0.25) is 4.99 Å². The number of nitrogens with one attached hydrogen (secondary N) is 3. The van der Waals surface area contributed by atoms with Crippen molar-refractivity contribution in [2.45, 2.75) is 19.5 Å². The van der Waals surface area contributed by atoms with Gasteiger partial charge in [0.2, 0.25) is 0 Å². The van der Waals surface area contributed by atoms with Crippen molar-refractivity contribution >= 4 is 59.0 Å². The molecule has 1 heterocycles. The lowest BCUT2D eigenvalue weighted by atomic mass is 10.4. The van der Waals surface area contributed by atoms with Crippen molar-refractivity contribution in [3.05, 3.63) is 22.3 Å². The first-order valence-electron chi connectivity index (χ1n) is 6.95. The van der Waals surface area contributed by atoms with Crippen molar-refractivity contribution < 1.29 is 13.2 Å². The van der Waals surface area contributed by atoms with Crippen molar-refractivity contribution in [3.63, 3.8) is 0 Å². The Balaban J connectivity index is 0.00000529. The number of alkyl halides is 3. The number of nitrogens with zero attached hydrogens (tertiary/aromatic N) is 2. The summed E-state index contributed by atoms with van der Waals surface area (Å²) < 4.78 is 36.3. The molecule has 0 amide bonds. The summed E-state index contributed by atoms with van der Waals surface area (Å²) in [5, 5.41) is 9.61. The van der Waals surface area contributed by atoms with E-state index in [-0.39, 0.29) is 30.5 Å². The average Bonchev–Trinajstić information content (AvgIpc) is 2.44. The van der Waals surface area contributed by atoms with Crippen LogP contribution in [0.4, 0.5) is 19.0 Å². The van der Waals surface area contributed by atoms with Crippen LogP contribution in [0.2, 0.25) is 10.0 Å².